The van der Waals surface area contributed by atoms with E-state index in [4.69, 9.17) is 42.1 Å². The maximum Gasteiger partial charge on any atom is 0.321 e. The van der Waals surface area contributed by atoms with E-state index >= 15 is 0 Å². The van der Waals surface area contributed by atoms with Crippen LogP contribution >= 0.6 is 23.2 Å². The van der Waals surface area contributed by atoms with Crippen LogP contribution < -0.4 is 24.3 Å². The summed E-state index contributed by atoms with van der Waals surface area (Å²) in [6, 6.07) is 21.7. The van der Waals surface area contributed by atoms with Crippen molar-refractivity contribution in [1.29, 1.82) is 0 Å². The summed E-state index contributed by atoms with van der Waals surface area (Å²) >= 11 is 13.5. The van der Waals surface area contributed by atoms with Crippen LogP contribution in [0.4, 0.5) is 0 Å². The Hall–Kier alpha value is -6.35. The van der Waals surface area contributed by atoms with Gasteiger partial charge in [0.05, 0.1) is 22.8 Å². The lowest BCUT2D eigenvalue weighted by molar-refractivity contribution is -0.142. The molecule has 0 spiro atoms. The van der Waals surface area contributed by atoms with Crippen molar-refractivity contribution < 1.29 is 39.1 Å². The van der Waals surface area contributed by atoms with E-state index in [1.165, 1.54) is 0 Å². The quantitative estimate of drug-likeness (QED) is 0.0477. The third-order valence-electron chi connectivity index (χ3n) is 11.4. The number of aliphatic hydroxyl groups excluding tert-OH is 2. The largest absolute Gasteiger partial charge is 0.488 e. The van der Waals surface area contributed by atoms with Crippen LogP contribution in [-0.4, -0.2) is 69.9 Å². The van der Waals surface area contributed by atoms with Crippen LogP contribution in [0.5, 0.6) is 23.0 Å². The molecule has 4 N–H and O–H groups in total. The zero-order valence-corrected chi connectivity index (χ0v) is 39.8. The van der Waals surface area contributed by atoms with Crippen LogP contribution in [-0.2, 0) is 44.4 Å². The molecule has 2 aromatic heterocycles. The number of carbonyl (C=O) groups is 1. The summed E-state index contributed by atoms with van der Waals surface area (Å²) in [5.41, 5.74) is 10.4. The first-order chi connectivity index (χ1) is 32.3. The normalized spacial score (nSPS) is 12.9. The average Bonchev–Trinajstić information content (AvgIpc) is 3.31. The number of carboxylic acid groups (broad SMARTS) is 1. The highest BCUT2D eigenvalue weighted by Gasteiger charge is 2.28. The van der Waals surface area contributed by atoms with Gasteiger partial charge in [0, 0.05) is 109 Å². The number of benzene rings is 4. The standard InChI is InChI=1S/C52H55Cl2N5O8/c1-31(34(4)61)51(52(62)63)59-25-41-15-45(53)49(17-47(41)64-27-37-13-35(19-55-5)21-57-23-37)66-29-39-9-7-11-43(32(39)2)44-12-8-10-40(33(44)3)30-67-50-18-48(42(26-60)16-46(50)54)65-28-38-14-36(20-56-6)22-58-24-38/h7-24,31,34,51,59-61H,25-30H2,1-6H3,(H,62,63)/t31-,34-,51-/m0/s1. The number of halogens is 2. The molecule has 6 aromatic rings. The highest BCUT2D eigenvalue weighted by Crippen LogP contribution is 2.37. The number of ether oxygens (including phenoxy) is 4. The summed E-state index contributed by atoms with van der Waals surface area (Å²) < 4.78 is 25.2. The van der Waals surface area contributed by atoms with Gasteiger partial charge < -0.3 is 34.3 Å². The molecule has 0 saturated heterocycles. The van der Waals surface area contributed by atoms with Crippen LogP contribution in [0.3, 0.4) is 0 Å². The Morgan fingerprint density at radius 3 is 1.58 bits per heavy atom. The second kappa shape index (κ2) is 23.9. The first kappa shape index (κ1) is 50.1. The molecule has 0 amide bonds. The van der Waals surface area contributed by atoms with E-state index in [0.717, 1.165) is 55.6 Å². The Morgan fingerprint density at radius 1 is 0.672 bits per heavy atom. The monoisotopic (exact) mass is 947 g/mol. The Kier molecular flexibility index (Phi) is 17.9. The van der Waals surface area contributed by atoms with Gasteiger partial charge in [-0.25, -0.2) is 0 Å². The molecule has 6 rings (SSSR count). The van der Waals surface area contributed by atoms with E-state index in [2.05, 4.69) is 44.3 Å². The molecule has 0 bridgehead atoms. The summed E-state index contributed by atoms with van der Waals surface area (Å²) in [5, 5.41) is 33.9. The number of carboxylic acids is 1. The molecule has 15 heteroatoms. The second-order valence-corrected chi connectivity index (χ2v) is 16.9. The fourth-order valence-corrected chi connectivity index (χ4v) is 7.89. The van der Waals surface area contributed by atoms with E-state index in [-0.39, 0.29) is 39.6 Å². The molecule has 13 nitrogen and oxygen atoms in total. The van der Waals surface area contributed by atoms with Crippen molar-refractivity contribution >= 4 is 41.6 Å². The van der Waals surface area contributed by atoms with Gasteiger partial charge in [-0.3, -0.25) is 30.1 Å². The Balaban J connectivity index is 1.19. The maximum atomic E-state index is 12.2. The number of pyridine rings is 2. The topological polar surface area (TPSA) is 177 Å². The van der Waals surface area contributed by atoms with Crippen molar-refractivity contribution in [2.24, 2.45) is 15.9 Å². The molecule has 0 aliphatic heterocycles. The average molecular weight is 949 g/mol. The zero-order valence-electron chi connectivity index (χ0n) is 38.3. The number of aromatic nitrogens is 2. The number of rotatable bonds is 22. The summed E-state index contributed by atoms with van der Waals surface area (Å²) in [7, 11) is 3.38. The van der Waals surface area contributed by atoms with E-state index in [1.807, 2.05) is 43.3 Å². The predicted octanol–water partition coefficient (Wildman–Crippen LogP) is 9.53. The van der Waals surface area contributed by atoms with Crippen molar-refractivity contribution in [3.63, 3.8) is 0 Å². The van der Waals surface area contributed by atoms with E-state index in [0.29, 0.717) is 44.2 Å². The molecule has 0 unspecified atom stereocenters. The summed E-state index contributed by atoms with van der Waals surface area (Å²) in [4.78, 5) is 28.9. The van der Waals surface area contributed by atoms with Crippen LogP contribution in [0.25, 0.3) is 11.1 Å². The molecule has 0 fully saturated rings. The minimum atomic E-state index is -1.08. The van der Waals surface area contributed by atoms with Gasteiger partial charge in [-0.2, -0.15) is 0 Å². The van der Waals surface area contributed by atoms with Gasteiger partial charge in [0.25, 0.3) is 0 Å². The number of aliphatic carboxylic acids is 1. The Morgan fingerprint density at radius 2 is 1.13 bits per heavy atom. The molecular formula is C52H55Cl2N5O8. The van der Waals surface area contributed by atoms with Gasteiger partial charge in [-0.15, -0.1) is 0 Å². The third kappa shape index (κ3) is 13.2. The van der Waals surface area contributed by atoms with Crippen LogP contribution in [0.2, 0.25) is 10.0 Å². The van der Waals surface area contributed by atoms with Gasteiger partial charge in [-0.1, -0.05) is 66.5 Å². The van der Waals surface area contributed by atoms with E-state index < -0.39 is 24.0 Å². The molecular weight excluding hydrogens is 894 g/mol. The van der Waals surface area contributed by atoms with E-state index in [1.54, 1.807) is 89.4 Å². The Labute approximate surface area is 401 Å². The van der Waals surface area contributed by atoms with Crippen LogP contribution in [0.15, 0.2) is 108 Å². The molecule has 4 aromatic carbocycles. The number of nitrogens with zero attached hydrogens (tertiary/aromatic N) is 4. The van der Waals surface area contributed by atoms with Crippen LogP contribution in [0, 0.1) is 19.8 Å². The fourth-order valence-electron chi connectivity index (χ4n) is 7.41. The number of hydrogen-bond acceptors (Lipinski definition) is 12. The van der Waals surface area contributed by atoms with Gasteiger partial charge in [0.15, 0.2) is 0 Å². The molecule has 0 aliphatic rings. The number of aliphatic imine (C=N–C) groups is 2. The molecule has 3 atom stereocenters. The van der Waals surface area contributed by atoms with Gasteiger partial charge in [0.2, 0.25) is 0 Å². The third-order valence-corrected chi connectivity index (χ3v) is 12.0. The van der Waals surface area contributed by atoms with Crippen LogP contribution in [0.1, 0.15) is 69.5 Å². The lowest BCUT2D eigenvalue weighted by Gasteiger charge is -2.24. The smallest absolute Gasteiger partial charge is 0.321 e. The van der Waals surface area contributed by atoms with E-state index in [9.17, 15) is 20.1 Å². The van der Waals surface area contributed by atoms with Crippen molar-refractivity contribution in [1.82, 2.24) is 15.3 Å². The molecule has 0 saturated carbocycles. The second-order valence-electron chi connectivity index (χ2n) is 16.1. The summed E-state index contributed by atoms with van der Waals surface area (Å²) in [5.74, 6) is 0.0248. The van der Waals surface area contributed by atoms with Crippen molar-refractivity contribution in [2.45, 2.75) is 79.4 Å². The van der Waals surface area contributed by atoms with Crippen molar-refractivity contribution in [2.75, 3.05) is 14.1 Å². The first-order valence-electron chi connectivity index (χ1n) is 21.6. The minimum absolute atomic E-state index is 0.0939. The van der Waals surface area contributed by atoms with Gasteiger partial charge in [-0.05, 0) is 78.4 Å². The molecule has 2 heterocycles. The highest BCUT2D eigenvalue weighted by atomic mass is 35.5. The lowest BCUT2D eigenvalue weighted by atomic mass is 9.92. The van der Waals surface area contributed by atoms with Gasteiger partial charge >= 0.3 is 5.97 Å². The first-order valence-corrected chi connectivity index (χ1v) is 22.4. The Bertz CT molecular complexity index is 2730. The summed E-state index contributed by atoms with van der Waals surface area (Å²) in [6.45, 7) is 7.96. The SMILES string of the molecule is CN=Cc1cncc(COc2cc(OCc3cccc(-c4cccc(COc5cc(OCc6cncc(C=NC)c6)c(CN[C@H](C(=O)O)[C@@H](C)[C@H](C)O)cc5Cl)c4C)c3C)c(Cl)cc2CO)c1. The van der Waals surface area contributed by atoms with Crippen molar-refractivity contribution in [3.8, 4) is 34.1 Å². The summed E-state index contributed by atoms with van der Waals surface area (Å²) in [6.07, 6.45) is 9.40. The number of aliphatic hydroxyl groups is 2. The lowest BCUT2D eigenvalue weighted by Crippen LogP contribution is -2.45. The molecule has 67 heavy (non-hydrogen) atoms. The zero-order chi connectivity index (χ0) is 48.0. The predicted molar refractivity (Wildman–Crippen MR) is 262 cm³/mol. The van der Waals surface area contributed by atoms with Crippen molar-refractivity contribution in [3.05, 3.63) is 163 Å². The maximum absolute atomic E-state index is 12.2. The highest BCUT2D eigenvalue weighted by molar-refractivity contribution is 6.32. The molecule has 0 aliphatic carbocycles. The number of hydrogen-bond donors (Lipinski definition) is 4. The van der Waals surface area contributed by atoms with Gasteiger partial charge in [0.1, 0.15) is 55.5 Å². The number of nitrogens with one attached hydrogen (secondary N) is 1. The molecule has 0 radical (unpaired) electrons. The minimum Gasteiger partial charge on any atom is -0.488 e. The fraction of sp³-hybridized carbons (Fsp3) is 0.288. The molecule has 350 valence electrons.